The number of nitrogens with zero attached hydrogens (tertiary/aromatic N) is 3. The summed E-state index contributed by atoms with van der Waals surface area (Å²) in [5, 5.41) is 3.21. The first-order valence-electron chi connectivity index (χ1n) is 8.68. The van der Waals surface area contributed by atoms with Gasteiger partial charge in [-0.2, -0.15) is 0 Å². The molecule has 9 heteroatoms. The van der Waals surface area contributed by atoms with E-state index in [-0.39, 0.29) is 10.8 Å². The highest BCUT2D eigenvalue weighted by Crippen LogP contribution is 2.29. The average Bonchev–Trinajstić information content (AvgIpc) is 3.08. The molecule has 0 unspecified atom stereocenters. The van der Waals surface area contributed by atoms with E-state index in [9.17, 15) is 13.2 Å². The first-order chi connectivity index (χ1) is 13.2. The molecule has 0 aliphatic rings. The summed E-state index contributed by atoms with van der Waals surface area (Å²) in [4.78, 5) is 19.0. The maximum absolute atomic E-state index is 12.5. The zero-order chi connectivity index (χ0) is 20.5. The van der Waals surface area contributed by atoms with Crippen LogP contribution in [0.4, 0.5) is 10.8 Å². The molecule has 7 nitrogen and oxygen atoms in total. The zero-order valence-corrected chi connectivity index (χ0v) is 17.8. The number of carbonyl (C=O) groups is 1. The van der Waals surface area contributed by atoms with Crippen molar-refractivity contribution in [1.29, 1.82) is 0 Å². The first kappa shape index (κ1) is 20.2. The summed E-state index contributed by atoms with van der Waals surface area (Å²) in [6.07, 6.45) is 0. The van der Waals surface area contributed by atoms with Gasteiger partial charge in [-0.3, -0.25) is 10.1 Å². The number of thiazole rings is 1. The van der Waals surface area contributed by atoms with Crippen LogP contribution in [0.3, 0.4) is 0 Å². The molecule has 0 saturated heterocycles. The second kappa shape index (κ2) is 7.86. The number of benzene rings is 2. The molecule has 0 spiro atoms. The smallest absolute Gasteiger partial charge is 0.257 e. The van der Waals surface area contributed by atoms with Crippen LogP contribution in [-0.2, 0) is 10.0 Å². The van der Waals surface area contributed by atoms with E-state index in [1.165, 1.54) is 21.7 Å². The number of aromatic nitrogens is 1. The summed E-state index contributed by atoms with van der Waals surface area (Å²) in [7, 11) is 1.88. The van der Waals surface area contributed by atoms with Crippen LogP contribution in [0, 0.1) is 0 Å². The minimum atomic E-state index is -3.53. The van der Waals surface area contributed by atoms with Crippen LogP contribution in [-0.4, -0.2) is 51.3 Å². The highest BCUT2D eigenvalue weighted by atomic mass is 32.2. The Labute approximate surface area is 168 Å². The Kier molecular flexibility index (Phi) is 5.69. The van der Waals surface area contributed by atoms with Crippen LogP contribution in [0.25, 0.3) is 10.2 Å². The summed E-state index contributed by atoms with van der Waals surface area (Å²) >= 11 is 1.24. The van der Waals surface area contributed by atoms with Gasteiger partial charge < -0.3 is 4.90 Å². The number of amides is 1. The third-order valence-electron chi connectivity index (χ3n) is 4.38. The van der Waals surface area contributed by atoms with E-state index in [0.29, 0.717) is 27.5 Å². The minimum Gasteiger partial charge on any atom is -0.378 e. The summed E-state index contributed by atoms with van der Waals surface area (Å²) in [6.45, 7) is 2.17. The molecule has 1 amide bonds. The molecule has 1 heterocycles. The van der Waals surface area contributed by atoms with Gasteiger partial charge in [0, 0.05) is 38.9 Å². The average molecular weight is 419 g/mol. The van der Waals surface area contributed by atoms with Gasteiger partial charge in [-0.25, -0.2) is 17.7 Å². The van der Waals surface area contributed by atoms with Gasteiger partial charge in [0.2, 0.25) is 10.0 Å². The number of hydrogen-bond acceptors (Lipinski definition) is 6. The largest absolute Gasteiger partial charge is 0.378 e. The Balaban J connectivity index is 1.83. The van der Waals surface area contributed by atoms with Crippen molar-refractivity contribution < 1.29 is 13.2 Å². The molecule has 0 aliphatic heterocycles. The van der Waals surface area contributed by atoms with Gasteiger partial charge in [0.15, 0.2) is 5.13 Å². The summed E-state index contributed by atoms with van der Waals surface area (Å²) in [5.41, 5.74) is 2.17. The van der Waals surface area contributed by atoms with Crippen LogP contribution >= 0.6 is 11.3 Å². The van der Waals surface area contributed by atoms with Gasteiger partial charge in [-0.15, -0.1) is 0 Å². The summed E-state index contributed by atoms with van der Waals surface area (Å²) in [6, 6.07) is 12.0. The van der Waals surface area contributed by atoms with Gasteiger partial charge in [0.05, 0.1) is 15.1 Å². The van der Waals surface area contributed by atoms with Gasteiger partial charge in [-0.1, -0.05) is 18.3 Å². The van der Waals surface area contributed by atoms with E-state index in [1.807, 2.05) is 31.1 Å². The Morgan fingerprint density at radius 2 is 1.79 bits per heavy atom. The maximum atomic E-state index is 12.5. The Morgan fingerprint density at radius 3 is 2.39 bits per heavy atom. The third-order valence-corrected chi connectivity index (χ3v) is 7.24. The number of carbonyl (C=O) groups excluding carboxylic acids is 1. The molecular formula is C19H22N4O3S2. The molecule has 3 aromatic rings. The highest BCUT2D eigenvalue weighted by Gasteiger charge is 2.20. The minimum absolute atomic E-state index is 0.213. The molecule has 0 aliphatic carbocycles. The second-order valence-electron chi connectivity index (χ2n) is 6.46. The van der Waals surface area contributed by atoms with Gasteiger partial charge in [-0.05, 0) is 42.5 Å². The van der Waals surface area contributed by atoms with E-state index in [4.69, 9.17) is 0 Å². The highest BCUT2D eigenvalue weighted by molar-refractivity contribution is 7.89. The zero-order valence-electron chi connectivity index (χ0n) is 16.1. The van der Waals surface area contributed by atoms with Crippen molar-refractivity contribution in [2.75, 3.05) is 37.9 Å². The molecule has 0 bridgehead atoms. The standard InChI is InChI=1S/C19H22N4O3S2/c1-5-23(4)28(25,26)15-10-11-16-17(12-15)27-19(20-16)21-18(24)13-6-8-14(9-7-13)22(2)3/h6-12H,5H2,1-4H3,(H,20,21,24). The Morgan fingerprint density at radius 1 is 1.11 bits per heavy atom. The topological polar surface area (TPSA) is 82.6 Å². The van der Waals surface area contributed by atoms with E-state index >= 15 is 0 Å². The SMILES string of the molecule is CCN(C)S(=O)(=O)c1ccc2nc(NC(=O)c3ccc(N(C)C)cc3)sc2c1. The molecule has 0 radical (unpaired) electrons. The predicted molar refractivity (Wildman–Crippen MR) is 114 cm³/mol. The molecule has 0 atom stereocenters. The lowest BCUT2D eigenvalue weighted by Gasteiger charge is -2.14. The maximum Gasteiger partial charge on any atom is 0.257 e. The lowest BCUT2D eigenvalue weighted by Crippen LogP contribution is -2.26. The molecule has 1 aromatic heterocycles. The molecule has 2 aromatic carbocycles. The van der Waals surface area contributed by atoms with Crippen molar-refractivity contribution >= 4 is 48.3 Å². The fourth-order valence-electron chi connectivity index (χ4n) is 2.55. The van der Waals surface area contributed by atoms with Crippen molar-refractivity contribution in [3.8, 4) is 0 Å². The lowest BCUT2D eigenvalue weighted by molar-refractivity contribution is 0.102. The van der Waals surface area contributed by atoms with Crippen molar-refractivity contribution in [3.05, 3.63) is 48.0 Å². The molecule has 1 N–H and O–H groups in total. The van der Waals surface area contributed by atoms with Gasteiger partial charge in [0.1, 0.15) is 0 Å². The molecular weight excluding hydrogens is 396 g/mol. The summed E-state index contributed by atoms with van der Waals surface area (Å²) in [5.74, 6) is -0.261. The van der Waals surface area contributed by atoms with Crippen LogP contribution in [0.2, 0.25) is 0 Å². The van der Waals surface area contributed by atoms with E-state index in [0.717, 1.165) is 5.69 Å². The van der Waals surface area contributed by atoms with Gasteiger partial charge in [0.25, 0.3) is 5.91 Å². The van der Waals surface area contributed by atoms with Crippen LogP contribution in [0.15, 0.2) is 47.4 Å². The van der Waals surface area contributed by atoms with Crippen molar-refractivity contribution in [3.63, 3.8) is 0 Å². The Bertz CT molecular complexity index is 1110. The number of anilines is 2. The first-order valence-corrected chi connectivity index (χ1v) is 10.9. The molecule has 3 rings (SSSR count). The number of nitrogens with one attached hydrogen (secondary N) is 1. The fraction of sp³-hybridized carbons (Fsp3) is 0.263. The molecule has 148 valence electrons. The monoisotopic (exact) mass is 418 g/mol. The van der Waals surface area contributed by atoms with E-state index in [2.05, 4.69) is 10.3 Å². The lowest BCUT2D eigenvalue weighted by atomic mass is 10.2. The Hall–Kier alpha value is -2.49. The van der Waals surface area contributed by atoms with Crippen LogP contribution in [0.1, 0.15) is 17.3 Å². The molecule has 0 fully saturated rings. The number of hydrogen-bond donors (Lipinski definition) is 1. The van der Waals surface area contributed by atoms with Crippen molar-refractivity contribution in [2.24, 2.45) is 0 Å². The van der Waals surface area contributed by atoms with Gasteiger partial charge >= 0.3 is 0 Å². The quantitative estimate of drug-likeness (QED) is 0.664. The predicted octanol–water partition coefficient (Wildman–Crippen LogP) is 3.26. The number of fused-ring (bicyclic) bond motifs is 1. The fourth-order valence-corrected chi connectivity index (χ4v) is 4.73. The molecule has 28 heavy (non-hydrogen) atoms. The number of sulfonamides is 1. The van der Waals surface area contributed by atoms with E-state index in [1.54, 1.807) is 38.2 Å². The normalized spacial score (nSPS) is 11.8. The second-order valence-corrected chi connectivity index (χ2v) is 9.54. The van der Waals surface area contributed by atoms with Crippen molar-refractivity contribution in [1.82, 2.24) is 9.29 Å². The molecule has 0 saturated carbocycles. The van der Waals surface area contributed by atoms with Crippen molar-refractivity contribution in [2.45, 2.75) is 11.8 Å². The van der Waals surface area contributed by atoms with Crippen LogP contribution in [0.5, 0.6) is 0 Å². The third kappa shape index (κ3) is 4.01. The summed E-state index contributed by atoms with van der Waals surface area (Å²) < 4.78 is 27.0. The number of rotatable bonds is 6. The van der Waals surface area contributed by atoms with Crippen LogP contribution < -0.4 is 10.2 Å². The van der Waals surface area contributed by atoms with E-state index < -0.39 is 10.0 Å².